The summed E-state index contributed by atoms with van der Waals surface area (Å²) >= 11 is 1.90. The summed E-state index contributed by atoms with van der Waals surface area (Å²) in [5, 5.41) is 5.85. The van der Waals surface area contributed by atoms with Gasteiger partial charge in [-0.15, -0.1) is 11.3 Å². The Morgan fingerprint density at radius 3 is 2.63 bits per heavy atom. The summed E-state index contributed by atoms with van der Waals surface area (Å²) in [5.74, 6) is 0.655. The first-order chi connectivity index (χ1) is 9.09. The van der Waals surface area contributed by atoms with Crippen LogP contribution in [0.15, 0.2) is 17.5 Å². The zero-order chi connectivity index (χ0) is 13.8. The van der Waals surface area contributed by atoms with Gasteiger partial charge in [-0.1, -0.05) is 19.9 Å². The number of rotatable bonds is 6. The highest BCUT2D eigenvalue weighted by molar-refractivity contribution is 7.10. The molecule has 2 atom stereocenters. The molecule has 19 heavy (non-hydrogen) atoms. The largest absolute Gasteiger partial charge is 0.313 e. The van der Waals surface area contributed by atoms with Crippen LogP contribution in [-0.4, -0.2) is 30.1 Å². The molecule has 2 rings (SSSR count). The first kappa shape index (κ1) is 15.0. The second-order valence-electron chi connectivity index (χ2n) is 6.29. The molecule has 1 N–H and O–H groups in total. The third kappa shape index (κ3) is 3.80. The van der Waals surface area contributed by atoms with Gasteiger partial charge in [0, 0.05) is 29.5 Å². The Hall–Kier alpha value is -0.380. The van der Waals surface area contributed by atoms with E-state index in [0.717, 1.165) is 0 Å². The van der Waals surface area contributed by atoms with E-state index in [2.05, 4.69) is 55.4 Å². The van der Waals surface area contributed by atoms with Crippen LogP contribution in [-0.2, 0) is 0 Å². The van der Waals surface area contributed by atoms with Crippen molar-refractivity contribution in [2.75, 3.05) is 13.1 Å². The fourth-order valence-electron chi connectivity index (χ4n) is 3.15. The molecule has 2 heterocycles. The SMILES string of the molecule is CC(C)C(c1cccs1)N(CC1CCCN1)C(C)C. The van der Waals surface area contributed by atoms with Gasteiger partial charge in [-0.25, -0.2) is 0 Å². The van der Waals surface area contributed by atoms with E-state index >= 15 is 0 Å². The van der Waals surface area contributed by atoms with Gasteiger partial charge in [0.25, 0.3) is 0 Å². The lowest BCUT2D eigenvalue weighted by Gasteiger charge is -2.38. The number of hydrogen-bond donors (Lipinski definition) is 1. The van der Waals surface area contributed by atoms with Crippen LogP contribution in [0.4, 0.5) is 0 Å². The summed E-state index contributed by atoms with van der Waals surface area (Å²) in [6, 6.07) is 6.32. The quantitative estimate of drug-likeness (QED) is 0.850. The van der Waals surface area contributed by atoms with Gasteiger partial charge in [-0.3, -0.25) is 4.90 Å². The average Bonchev–Trinajstić information content (AvgIpc) is 2.99. The smallest absolute Gasteiger partial charge is 0.0467 e. The van der Waals surface area contributed by atoms with E-state index in [0.29, 0.717) is 24.0 Å². The molecular weight excluding hydrogens is 252 g/mol. The molecule has 1 saturated heterocycles. The lowest BCUT2D eigenvalue weighted by atomic mass is 9.98. The van der Waals surface area contributed by atoms with Gasteiger partial charge in [-0.05, 0) is 50.6 Å². The molecule has 108 valence electrons. The van der Waals surface area contributed by atoms with Crippen molar-refractivity contribution in [3.63, 3.8) is 0 Å². The molecule has 0 aromatic carbocycles. The highest BCUT2D eigenvalue weighted by atomic mass is 32.1. The lowest BCUT2D eigenvalue weighted by molar-refractivity contribution is 0.109. The van der Waals surface area contributed by atoms with Crippen molar-refractivity contribution in [2.45, 2.75) is 58.7 Å². The molecule has 1 aromatic rings. The normalized spacial score (nSPS) is 21.7. The Morgan fingerprint density at radius 1 is 1.37 bits per heavy atom. The number of hydrogen-bond acceptors (Lipinski definition) is 3. The Labute approximate surface area is 122 Å². The van der Waals surface area contributed by atoms with Gasteiger partial charge in [0.1, 0.15) is 0 Å². The average molecular weight is 280 g/mol. The minimum Gasteiger partial charge on any atom is -0.313 e. The van der Waals surface area contributed by atoms with Gasteiger partial charge in [0.2, 0.25) is 0 Å². The van der Waals surface area contributed by atoms with Crippen molar-refractivity contribution in [1.82, 2.24) is 10.2 Å². The van der Waals surface area contributed by atoms with Crippen molar-refractivity contribution in [2.24, 2.45) is 5.92 Å². The van der Waals surface area contributed by atoms with Gasteiger partial charge in [-0.2, -0.15) is 0 Å². The van der Waals surface area contributed by atoms with E-state index in [1.165, 1.54) is 30.8 Å². The molecule has 2 unspecified atom stereocenters. The maximum absolute atomic E-state index is 3.64. The highest BCUT2D eigenvalue weighted by Crippen LogP contribution is 2.33. The van der Waals surface area contributed by atoms with Crippen LogP contribution in [0.1, 0.15) is 51.5 Å². The third-order valence-electron chi connectivity index (χ3n) is 4.08. The fourth-order valence-corrected chi connectivity index (χ4v) is 4.17. The molecular formula is C16H28N2S. The van der Waals surface area contributed by atoms with Crippen LogP contribution >= 0.6 is 11.3 Å². The van der Waals surface area contributed by atoms with Crippen LogP contribution < -0.4 is 5.32 Å². The molecule has 2 nitrogen and oxygen atoms in total. The molecule has 0 radical (unpaired) electrons. The molecule has 3 heteroatoms. The monoisotopic (exact) mass is 280 g/mol. The van der Waals surface area contributed by atoms with Crippen LogP contribution in [0.25, 0.3) is 0 Å². The summed E-state index contributed by atoms with van der Waals surface area (Å²) in [6.07, 6.45) is 2.67. The van der Waals surface area contributed by atoms with Crippen LogP contribution in [0.2, 0.25) is 0 Å². The van der Waals surface area contributed by atoms with Crippen LogP contribution in [0.5, 0.6) is 0 Å². The molecule has 0 amide bonds. The Morgan fingerprint density at radius 2 is 2.16 bits per heavy atom. The summed E-state index contributed by atoms with van der Waals surface area (Å²) in [4.78, 5) is 4.21. The zero-order valence-electron chi connectivity index (χ0n) is 12.7. The van der Waals surface area contributed by atoms with Crippen molar-refractivity contribution < 1.29 is 0 Å². The summed E-state index contributed by atoms with van der Waals surface area (Å²) in [6.45, 7) is 11.7. The molecule has 0 spiro atoms. The summed E-state index contributed by atoms with van der Waals surface area (Å²) in [7, 11) is 0. The third-order valence-corrected chi connectivity index (χ3v) is 5.02. The van der Waals surface area contributed by atoms with Crippen molar-refractivity contribution in [3.05, 3.63) is 22.4 Å². The van der Waals surface area contributed by atoms with Crippen molar-refractivity contribution in [1.29, 1.82) is 0 Å². The molecule has 1 aliphatic heterocycles. The molecule has 1 aliphatic rings. The van der Waals surface area contributed by atoms with Crippen molar-refractivity contribution >= 4 is 11.3 Å². The predicted molar refractivity (Wildman–Crippen MR) is 84.8 cm³/mol. The molecule has 0 bridgehead atoms. The maximum atomic E-state index is 3.64. The Kier molecular flexibility index (Phi) is 5.43. The molecule has 0 aliphatic carbocycles. The Bertz CT molecular complexity index is 353. The maximum Gasteiger partial charge on any atom is 0.0467 e. The molecule has 1 aromatic heterocycles. The predicted octanol–water partition coefficient (Wildman–Crippen LogP) is 3.91. The minimum absolute atomic E-state index is 0.558. The van der Waals surface area contributed by atoms with E-state index < -0.39 is 0 Å². The number of nitrogens with zero attached hydrogens (tertiary/aromatic N) is 1. The van der Waals surface area contributed by atoms with E-state index in [1.807, 2.05) is 11.3 Å². The second-order valence-corrected chi connectivity index (χ2v) is 7.27. The van der Waals surface area contributed by atoms with E-state index in [4.69, 9.17) is 0 Å². The molecule has 1 fully saturated rings. The van der Waals surface area contributed by atoms with Gasteiger partial charge < -0.3 is 5.32 Å². The van der Waals surface area contributed by atoms with E-state index in [-0.39, 0.29) is 0 Å². The first-order valence-corrected chi connectivity index (χ1v) is 8.50. The fraction of sp³-hybridized carbons (Fsp3) is 0.750. The highest BCUT2D eigenvalue weighted by Gasteiger charge is 2.29. The number of nitrogens with one attached hydrogen (secondary N) is 1. The Balaban J connectivity index is 2.14. The topological polar surface area (TPSA) is 15.3 Å². The van der Waals surface area contributed by atoms with Crippen molar-refractivity contribution in [3.8, 4) is 0 Å². The summed E-state index contributed by atoms with van der Waals surface area (Å²) in [5.41, 5.74) is 0. The van der Waals surface area contributed by atoms with Crippen LogP contribution in [0, 0.1) is 5.92 Å². The van der Waals surface area contributed by atoms with E-state index in [1.54, 1.807) is 0 Å². The van der Waals surface area contributed by atoms with Gasteiger partial charge in [0.05, 0.1) is 0 Å². The van der Waals surface area contributed by atoms with Gasteiger partial charge >= 0.3 is 0 Å². The second kappa shape index (κ2) is 6.87. The zero-order valence-corrected chi connectivity index (χ0v) is 13.5. The summed E-state index contributed by atoms with van der Waals surface area (Å²) < 4.78 is 0. The standard InChI is InChI=1S/C16H28N2S/c1-12(2)16(15-8-6-10-19-15)18(13(3)4)11-14-7-5-9-17-14/h6,8,10,12-14,16-17H,5,7,9,11H2,1-4H3. The van der Waals surface area contributed by atoms with Crippen LogP contribution in [0.3, 0.4) is 0 Å². The number of thiophene rings is 1. The minimum atomic E-state index is 0.558. The van der Waals surface area contributed by atoms with Gasteiger partial charge in [0.15, 0.2) is 0 Å². The lowest BCUT2D eigenvalue weighted by Crippen LogP contribution is -2.44. The first-order valence-electron chi connectivity index (χ1n) is 7.62. The molecule has 0 saturated carbocycles. The van der Waals surface area contributed by atoms with E-state index in [9.17, 15) is 0 Å².